The molecule has 2 aromatic carbocycles. The Kier molecular flexibility index (Phi) is 6.20. The summed E-state index contributed by atoms with van der Waals surface area (Å²) in [6.45, 7) is 4.13. The molecule has 5 nitrogen and oxygen atoms in total. The Balaban J connectivity index is 2.49. The molecule has 0 saturated carbocycles. The van der Waals surface area contributed by atoms with E-state index in [9.17, 15) is 13.2 Å². The highest BCUT2D eigenvalue weighted by molar-refractivity contribution is 7.92. The first-order valence-electron chi connectivity index (χ1n) is 8.22. The van der Waals surface area contributed by atoms with Gasteiger partial charge in [0.1, 0.15) is 0 Å². The number of carboxylic acid groups (broad SMARTS) is 1. The van der Waals surface area contributed by atoms with Gasteiger partial charge >= 0.3 is 5.97 Å². The van der Waals surface area contributed by atoms with Gasteiger partial charge in [-0.1, -0.05) is 50.2 Å². The molecule has 0 aromatic heterocycles. The summed E-state index contributed by atoms with van der Waals surface area (Å²) in [7, 11) is -3.77. The van der Waals surface area contributed by atoms with Crippen molar-refractivity contribution in [2.75, 3.05) is 10.8 Å². The van der Waals surface area contributed by atoms with Crippen LogP contribution in [-0.4, -0.2) is 26.0 Å². The number of benzene rings is 2. The molecular formula is C19H23NO4S. The van der Waals surface area contributed by atoms with Gasteiger partial charge in [-0.15, -0.1) is 0 Å². The maximum Gasteiger partial charge on any atom is 0.303 e. The van der Waals surface area contributed by atoms with Crippen molar-refractivity contribution in [3.63, 3.8) is 0 Å². The Morgan fingerprint density at radius 1 is 1.04 bits per heavy atom. The summed E-state index contributed by atoms with van der Waals surface area (Å²) in [5, 5.41) is 8.89. The van der Waals surface area contributed by atoms with E-state index in [4.69, 9.17) is 5.11 Å². The average molecular weight is 361 g/mol. The van der Waals surface area contributed by atoms with Gasteiger partial charge < -0.3 is 5.11 Å². The van der Waals surface area contributed by atoms with Gasteiger partial charge in [-0.25, -0.2) is 8.42 Å². The number of carboxylic acids is 1. The van der Waals surface area contributed by atoms with Crippen LogP contribution in [0.4, 0.5) is 5.69 Å². The molecule has 0 bridgehead atoms. The van der Waals surface area contributed by atoms with Crippen molar-refractivity contribution in [1.82, 2.24) is 0 Å². The molecule has 134 valence electrons. The first-order valence-corrected chi connectivity index (χ1v) is 9.66. The fourth-order valence-electron chi connectivity index (χ4n) is 2.67. The van der Waals surface area contributed by atoms with Gasteiger partial charge in [0.15, 0.2) is 0 Å². The summed E-state index contributed by atoms with van der Waals surface area (Å²) >= 11 is 0. The van der Waals surface area contributed by atoms with Crippen LogP contribution in [0.1, 0.15) is 38.2 Å². The molecule has 0 fully saturated rings. The summed E-state index contributed by atoms with van der Waals surface area (Å²) in [5.41, 5.74) is 1.52. The standard InChI is InChI=1S/C19H23NO4S/c1-15(2)17-11-6-7-12-18(17)20(14-8-13-19(21)22)25(23,24)16-9-4-3-5-10-16/h3-7,9-12,15H,8,13-14H2,1-2H3,(H,21,22). The zero-order valence-electron chi connectivity index (χ0n) is 14.4. The summed E-state index contributed by atoms with van der Waals surface area (Å²) in [6.07, 6.45) is 0.165. The van der Waals surface area contributed by atoms with E-state index in [-0.39, 0.29) is 30.2 Å². The predicted molar refractivity (Wildman–Crippen MR) is 98.4 cm³/mol. The fourth-order valence-corrected chi connectivity index (χ4v) is 4.22. The van der Waals surface area contributed by atoms with Crippen LogP contribution in [0.3, 0.4) is 0 Å². The zero-order valence-corrected chi connectivity index (χ0v) is 15.2. The maximum atomic E-state index is 13.2. The minimum Gasteiger partial charge on any atom is -0.481 e. The first kappa shape index (κ1) is 19.0. The van der Waals surface area contributed by atoms with E-state index in [1.54, 1.807) is 42.5 Å². The average Bonchev–Trinajstić information content (AvgIpc) is 2.59. The SMILES string of the molecule is CC(C)c1ccccc1N(CCCC(=O)O)S(=O)(=O)c1ccccc1. The smallest absolute Gasteiger partial charge is 0.303 e. The molecule has 0 unspecified atom stereocenters. The Labute approximate surface area is 149 Å². The third kappa shape index (κ3) is 4.60. The fraction of sp³-hybridized carbons (Fsp3) is 0.316. The van der Waals surface area contributed by atoms with Crippen LogP contribution >= 0.6 is 0 Å². The van der Waals surface area contributed by atoms with Gasteiger partial charge in [-0.05, 0) is 36.1 Å². The van der Waals surface area contributed by atoms with E-state index in [0.29, 0.717) is 5.69 Å². The highest BCUT2D eigenvalue weighted by Crippen LogP contribution is 2.31. The number of aliphatic carboxylic acids is 1. The minimum absolute atomic E-state index is 0.0787. The number of rotatable bonds is 8. The highest BCUT2D eigenvalue weighted by Gasteiger charge is 2.26. The molecule has 0 atom stereocenters. The van der Waals surface area contributed by atoms with Crippen LogP contribution in [0.15, 0.2) is 59.5 Å². The Morgan fingerprint density at radius 3 is 2.24 bits per heavy atom. The zero-order chi connectivity index (χ0) is 18.4. The van der Waals surface area contributed by atoms with Crippen molar-refractivity contribution in [3.8, 4) is 0 Å². The highest BCUT2D eigenvalue weighted by atomic mass is 32.2. The number of carbonyl (C=O) groups is 1. The lowest BCUT2D eigenvalue weighted by atomic mass is 10.0. The van der Waals surface area contributed by atoms with E-state index >= 15 is 0 Å². The second-order valence-electron chi connectivity index (χ2n) is 6.10. The molecule has 0 saturated heterocycles. The summed E-state index contributed by atoms with van der Waals surface area (Å²) in [6, 6.07) is 15.6. The van der Waals surface area contributed by atoms with Gasteiger partial charge in [-0.3, -0.25) is 9.10 Å². The predicted octanol–water partition coefficient (Wildman–Crippen LogP) is 3.87. The van der Waals surface area contributed by atoms with Crippen LogP contribution in [-0.2, 0) is 14.8 Å². The molecular weight excluding hydrogens is 338 g/mol. The lowest BCUT2D eigenvalue weighted by Crippen LogP contribution is -2.33. The van der Waals surface area contributed by atoms with E-state index in [1.807, 2.05) is 26.0 Å². The van der Waals surface area contributed by atoms with E-state index in [2.05, 4.69) is 0 Å². The molecule has 0 aliphatic rings. The maximum absolute atomic E-state index is 13.2. The monoisotopic (exact) mass is 361 g/mol. The van der Waals surface area contributed by atoms with Gasteiger partial charge in [0.25, 0.3) is 10.0 Å². The molecule has 0 spiro atoms. The molecule has 0 radical (unpaired) electrons. The van der Waals surface area contributed by atoms with Gasteiger partial charge in [-0.2, -0.15) is 0 Å². The van der Waals surface area contributed by atoms with Crippen molar-refractivity contribution in [3.05, 3.63) is 60.2 Å². The van der Waals surface area contributed by atoms with E-state index in [0.717, 1.165) is 5.56 Å². The number of hydrogen-bond donors (Lipinski definition) is 1. The summed E-state index contributed by atoms with van der Waals surface area (Å²) < 4.78 is 27.7. The van der Waals surface area contributed by atoms with Crippen molar-refractivity contribution >= 4 is 21.7 Å². The molecule has 0 aliphatic carbocycles. The molecule has 0 heterocycles. The van der Waals surface area contributed by atoms with E-state index in [1.165, 1.54) is 4.31 Å². The van der Waals surface area contributed by atoms with Crippen LogP contribution in [0.2, 0.25) is 0 Å². The molecule has 0 aliphatic heterocycles. The minimum atomic E-state index is -3.77. The Bertz CT molecular complexity index is 816. The molecule has 6 heteroatoms. The number of hydrogen-bond acceptors (Lipinski definition) is 3. The van der Waals surface area contributed by atoms with Crippen molar-refractivity contribution in [2.24, 2.45) is 0 Å². The third-order valence-corrected chi connectivity index (χ3v) is 5.74. The van der Waals surface area contributed by atoms with Gasteiger partial charge in [0.2, 0.25) is 0 Å². The molecule has 1 N–H and O–H groups in total. The van der Waals surface area contributed by atoms with Gasteiger partial charge in [0.05, 0.1) is 10.6 Å². The lowest BCUT2D eigenvalue weighted by Gasteiger charge is -2.27. The molecule has 0 amide bonds. The molecule has 2 aromatic rings. The lowest BCUT2D eigenvalue weighted by molar-refractivity contribution is -0.137. The summed E-state index contributed by atoms with van der Waals surface area (Å²) in [5.74, 6) is -0.793. The second kappa shape index (κ2) is 8.16. The number of anilines is 1. The van der Waals surface area contributed by atoms with Gasteiger partial charge in [0, 0.05) is 13.0 Å². The molecule has 2 rings (SSSR count). The second-order valence-corrected chi connectivity index (χ2v) is 7.96. The number of sulfonamides is 1. The van der Waals surface area contributed by atoms with Crippen molar-refractivity contribution in [2.45, 2.75) is 37.5 Å². The topological polar surface area (TPSA) is 74.7 Å². The number of para-hydroxylation sites is 1. The third-order valence-electron chi connectivity index (χ3n) is 3.91. The Hall–Kier alpha value is -2.34. The Morgan fingerprint density at radius 2 is 1.64 bits per heavy atom. The largest absolute Gasteiger partial charge is 0.481 e. The van der Waals surface area contributed by atoms with Crippen molar-refractivity contribution in [1.29, 1.82) is 0 Å². The molecule has 25 heavy (non-hydrogen) atoms. The van der Waals surface area contributed by atoms with Crippen LogP contribution < -0.4 is 4.31 Å². The first-order chi connectivity index (χ1) is 11.8. The van der Waals surface area contributed by atoms with E-state index < -0.39 is 16.0 Å². The van der Waals surface area contributed by atoms with Crippen LogP contribution in [0, 0.1) is 0 Å². The normalized spacial score (nSPS) is 11.5. The van der Waals surface area contributed by atoms with Crippen LogP contribution in [0.5, 0.6) is 0 Å². The number of nitrogens with zero attached hydrogens (tertiary/aromatic N) is 1. The van der Waals surface area contributed by atoms with Crippen molar-refractivity contribution < 1.29 is 18.3 Å². The summed E-state index contributed by atoms with van der Waals surface area (Å²) in [4.78, 5) is 11.0. The quantitative estimate of drug-likeness (QED) is 0.774. The van der Waals surface area contributed by atoms with Crippen LogP contribution in [0.25, 0.3) is 0 Å².